The van der Waals surface area contributed by atoms with Gasteiger partial charge in [0.05, 0.1) is 12.3 Å². The second kappa shape index (κ2) is 14.4. The van der Waals surface area contributed by atoms with Crippen LogP contribution in [0.25, 0.3) is 0 Å². The first-order valence-corrected chi connectivity index (χ1v) is 13.1. The number of hydrogen-bond donors (Lipinski definition) is 2. The van der Waals surface area contributed by atoms with Gasteiger partial charge in [0.2, 0.25) is 0 Å². The molecule has 2 N–H and O–H groups in total. The van der Waals surface area contributed by atoms with Crippen LogP contribution in [0.5, 0.6) is 5.75 Å². The third kappa shape index (κ3) is 9.55. The number of carboxylic acid groups (broad SMARTS) is 2. The molecule has 8 nitrogen and oxygen atoms in total. The third-order valence-corrected chi connectivity index (χ3v) is 7.13. The molecule has 4 rings (SSSR count). The van der Waals surface area contributed by atoms with Crippen molar-refractivity contribution in [2.24, 2.45) is 4.99 Å². The van der Waals surface area contributed by atoms with Gasteiger partial charge in [-0.05, 0) is 55.2 Å². The second-order valence-electron chi connectivity index (χ2n) is 8.66. The largest absolute Gasteiger partial charge is 0.494 e. The van der Waals surface area contributed by atoms with Crippen molar-refractivity contribution in [1.29, 1.82) is 0 Å². The zero-order valence-electron chi connectivity index (χ0n) is 20.8. The molecule has 2 aliphatic rings. The maximum Gasteiger partial charge on any atom is 0.328 e. The lowest BCUT2D eigenvalue weighted by atomic mass is 10.0. The number of carbonyl (C=O) groups is 2. The SMILES string of the molecule is CN(C1=Nc2ccccc2CS1)C1CCN(CCCOc2ccc(F)cc2)CC1.O=C(O)C=CC(=O)O. The van der Waals surface area contributed by atoms with E-state index in [9.17, 15) is 14.0 Å². The summed E-state index contributed by atoms with van der Waals surface area (Å²) in [5.74, 6) is -1.00. The highest BCUT2D eigenvalue weighted by Crippen LogP contribution is 2.32. The number of halogens is 1. The van der Waals surface area contributed by atoms with E-state index in [4.69, 9.17) is 19.9 Å². The smallest absolute Gasteiger partial charge is 0.328 e. The normalized spacial score (nSPS) is 15.8. The number of piperidine rings is 1. The Balaban J connectivity index is 0.000000414. The van der Waals surface area contributed by atoms with Crippen LogP contribution in [-0.2, 0) is 15.3 Å². The molecule has 0 radical (unpaired) electrons. The van der Waals surface area contributed by atoms with Crippen molar-refractivity contribution in [3.05, 3.63) is 72.1 Å². The maximum atomic E-state index is 12.9. The average molecular weight is 530 g/mol. The molecule has 0 aliphatic carbocycles. The monoisotopic (exact) mass is 529 g/mol. The molecule has 0 aromatic heterocycles. The first-order chi connectivity index (χ1) is 17.8. The van der Waals surface area contributed by atoms with Gasteiger partial charge in [-0.1, -0.05) is 30.0 Å². The molecule has 0 atom stereocenters. The van der Waals surface area contributed by atoms with E-state index in [1.807, 2.05) is 11.8 Å². The minimum absolute atomic E-state index is 0.230. The number of aliphatic carboxylic acids is 2. The van der Waals surface area contributed by atoms with Crippen LogP contribution in [0.2, 0.25) is 0 Å². The molecule has 2 aromatic rings. The van der Waals surface area contributed by atoms with E-state index in [0.29, 0.717) is 24.8 Å². The Hall–Kier alpha value is -3.37. The first-order valence-electron chi connectivity index (χ1n) is 12.1. The van der Waals surface area contributed by atoms with Crippen molar-refractivity contribution >= 4 is 34.6 Å². The fraction of sp³-hybridized carbons (Fsp3) is 0.370. The quantitative estimate of drug-likeness (QED) is 0.377. The average Bonchev–Trinajstić information content (AvgIpc) is 2.91. The number of hydrogen-bond acceptors (Lipinski definition) is 7. The molecule has 2 aromatic carbocycles. The fourth-order valence-electron chi connectivity index (χ4n) is 4.04. The van der Waals surface area contributed by atoms with Crippen LogP contribution < -0.4 is 4.74 Å². The Morgan fingerprint density at radius 3 is 2.41 bits per heavy atom. The van der Waals surface area contributed by atoms with Gasteiger partial charge in [0.25, 0.3) is 0 Å². The van der Waals surface area contributed by atoms with E-state index in [-0.39, 0.29) is 5.82 Å². The molecular formula is C27H32FN3O5S. The van der Waals surface area contributed by atoms with Gasteiger partial charge in [0.15, 0.2) is 5.17 Å². The van der Waals surface area contributed by atoms with Crippen molar-refractivity contribution in [3.8, 4) is 5.75 Å². The Morgan fingerprint density at radius 1 is 1.11 bits per heavy atom. The van der Waals surface area contributed by atoms with E-state index < -0.39 is 11.9 Å². The molecule has 0 saturated carbocycles. The molecule has 10 heteroatoms. The van der Waals surface area contributed by atoms with Crippen molar-refractivity contribution in [2.45, 2.75) is 31.1 Å². The predicted molar refractivity (Wildman–Crippen MR) is 143 cm³/mol. The minimum atomic E-state index is -1.26. The van der Waals surface area contributed by atoms with Gasteiger partial charge in [0, 0.05) is 50.6 Å². The molecule has 37 heavy (non-hydrogen) atoms. The zero-order chi connectivity index (χ0) is 26.6. The number of thioether (sulfide) groups is 1. The molecule has 1 saturated heterocycles. The summed E-state index contributed by atoms with van der Waals surface area (Å²) in [5.41, 5.74) is 2.44. The lowest BCUT2D eigenvalue weighted by Crippen LogP contribution is -2.45. The van der Waals surface area contributed by atoms with Crippen molar-refractivity contribution in [3.63, 3.8) is 0 Å². The van der Waals surface area contributed by atoms with Crippen LogP contribution in [-0.4, -0.2) is 76.4 Å². The number of carboxylic acids is 2. The number of benzene rings is 2. The summed E-state index contributed by atoms with van der Waals surface area (Å²) in [7, 11) is 2.19. The number of fused-ring (bicyclic) bond motifs is 1. The number of rotatable bonds is 8. The van der Waals surface area contributed by atoms with Crippen LogP contribution in [0.1, 0.15) is 24.8 Å². The fourth-order valence-corrected chi connectivity index (χ4v) is 5.08. The van der Waals surface area contributed by atoms with E-state index in [0.717, 1.165) is 61.3 Å². The Labute approximate surface area is 220 Å². The summed E-state index contributed by atoms with van der Waals surface area (Å²) in [4.78, 5) is 28.9. The number of likely N-dealkylation sites (tertiary alicyclic amines) is 1. The Morgan fingerprint density at radius 2 is 1.76 bits per heavy atom. The van der Waals surface area contributed by atoms with Gasteiger partial charge in [-0.25, -0.2) is 19.0 Å². The third-order valence-electron chi connectivity index (χ3n) is 6.04. The van der Waals surface area contributed by atoms with Gasteiger partial charge in [-0.15, -0.1) is 0 Å². The summed E-state index contributed by atoms with van der Waals surface area (Å²) < 4.78 is 18.6. The standard InChI is InChI=1S/C23H28FN3OS.C4H4O4/c1-26(23-25-22-6-3-2-5-18(22)17-29-23)20-11-14-27(15-12-20)13-4-16-28-21-9-7-19(24)8-10-21;5-3(6)1-2-4(7)8/h2-3,5-10,20H,4,11-17H2,1H3;1-2H,(H,5,6)(H,7,8). The Bertz CT molecular complexity index is 1090. The van der Waals surface area contributed by atoms with Crippen LogP contribution in [0.3, 0.4) is 0 Å². The number of para-hydroxylation sites is 1. The van der Waals surface area contributed by atoms with Crippen molar-refractivity contribution < 1.29 is 28.9 Å². The van der Waals surface area contributed by atoms with E-state index in [1.54, 1.807) is 12.1 Å². The highest BCUT2D eigenvalue weighted by Gasteiger charge is 2.26. The van der Waals surface area contributed by atoms with Crippen LogP contribution in [0, 0.1) is 5.82 Å². The number of amidine groups is 1. The summed E-state index contributed by atoms with van der Waals surface area (Å²) in [6.45, 7) is 3.93. The van der Waals surface area contributed by atoms with Crippen LogP contribution in [0.15, 0.2) is 65.7 Å². The molecule has 1 fully saturated rings. The summed E-state index contributed by atoms with van der Waals surface area (Å²) in [6, 6.07) is 15.2. The van der Waals surface area contributed by atoms with Gasteiger partial charge in [-0.2, -0.15) is 0 Å². The number of ether oxygens (including phenoxy) is 1. The molecule has 198 valence electrons. The summed E-state index contributed by atoms with van der Waals surface area (Å²) in [5, 5.41) is 16.8. The molecular weight excluding hydrogens is 497 g/mol. The topological polar surface area (TPSA) is 103 Å². The molecule has 2 aliphatic heterocycles. The summed E-state index contributed by atoms with van der Waals surface area (Å²) in [6.07, 6.45) is 4.43. The first kappa shape index (κ1) is 28.2. The predicted octanol–water partition coefficient (Wildman–Crippen LogP) is 4.64. The van der Waals surface area contributed by atoms with Gasteiger partial charge >= 0.3 is 11.9 Å². The van der Waals surface area contributed by atoms with Crippen LogP contribution in [0.4, 0.5) is 10.1 Å². The highest BCUT2D eigenvalue weighted by molar-refractivity contribution is 8.13. The second-order valence-corrected chi connectivity index (χ2v) is 9.60. The van der Waals surface area contributed by atoms with E-state index in [2.05, 4.69) is 41.1 Å². The van der Waals surface area contributed by atoms with Gasteiger partial charge in [-0.3, -0.25) is 0 Å². The zero-order valence-corrected chi connectivity index (χ0v) is 21.6. The minimum Gasteiger partial charge on any atom is -0.494 e. The lowest BCUT2D eigenvalue weighted by molar-refractivity contribution is -0.134. The van der Waals surface area contributed by atoms with Gasteiger partial charge < -0.3 is 24.7 Å². The van der Waals surface area contributed by atoms with Crippen LogP contribution >= 0.6 is 11.8 Å². The number of nitrogens with zero attached hydrogens (tertiary/aromatic N) is 3. The number of aliphatic imine (C=N–C) groups is 1. The van der Waals surface area contributed by atoms with E-state index >= 15 is 0 Å². The molecule has 0 bridgehead atoms. The van der Waals surface area contributed by atoms with Crippen molar-refractivity contribution in [1.82, 2.24) is 9.80 Å². The maximum absolute atomic E-state index is 12.9. The van der Waals surface area contributed by atoms with Gasteiger partial charge in [0.1, 0.15) is 11.6 Å². The molecule has 2 heterocycles. The van der Waals surface area contributed by atoms with E-state index in [1.165, 1.54) is 17.7 Å². The molecule has 0 unspecified atom stereocenters. The summed E-state index contributed by atoms with van der Waals surface area (Å²) >= 11 is 1.85. The molecule has 0 spiro atoms. The lowest BCUT2D eigenvalue weighted by Gasteiger charge is -2.38. The molecule has 0 amide bonds. The highest BCUT2D eigenvalue weighted by atomic mass is 32.2. The van der Waals surface area contributed by atoms with Crippen molar-refractivity contribution in [2.75, 3.05) is 33.3 Å². The Kier molecular flexibility index (Phi) is 11.0.